The summed E-state index contributed by atoms with van der Waals surface area (Å²) in [6, 6.07) is 25.9. The van der Waals surface area contributed by atoms with E-state index >= 15 is 0 Å². The van der Waals surface area contributed by atoms with Crippen LogP contribution in [0.5, 0.6) is 0 Å². The minimum atomic E-state index is 0.0525. The molecule has 2 heterocycles. The molecule has 3 aromatic carbocycles. The number of hydrogen-bond donors (Lipinski definition) is 0. The zero-order chi connectivity index (χ0) is 20.0. The number of hydrogen-bond acceptors (Lipinski definition) is 3. The fourth-order valence-corrected chi connectivity index (χ4v) is 4.87. The van der Waals surface area contributed by atoms with Gasteiger partial charge in [-0.2, -0.15) is 0 Å². The van der Waals surface area contributed by atoms with Crippen molar-refractivity contribution < 1.29 is 0 Å². The van der Waals surface area contributed by atoms with E-state index in [-0.39, 0.29) is 5.41 Å². The quantitative estimate of drug-likeness (QED) is 0.310. The number of nitrogens with zero attached hydrogens (tertiary/aromatic N) is 2. The van der Waals surface area contributed by atoms with E-state index in [1.54, 1.807) is 17.7 Å². The summed E-state index contributed by atoms with van der Waals surface area (Å²) >= 11 is 1.77. The maximum atomic E-state index is 4.61. The predicted molar refractivity (Wildman–Crippen MR) is 124 cm³/mol. The van der Waals surface area contributed by atoms with Gasteiger partial charge in [-0.15, -0.1) is 11.3 Å². The maximum absolute atomic E-state index is 4.61. The third-order valence-corrected chi connectivity index (χ3v) is 6.45. The average molecular weight is 395 g/mol. The van der Waals surface area contributed by atoms with Gasteiger partial charge in [-0.3, -0.25) is 0 Å². The molecular weight excluding hydrogens is 372 g/mol. The number of benzene rings is 3. The third-order valence-electron chi connectivity index (χ3n) is 5.31. The van der Waals surface area contributed by atoms with E-state index in [9.17, 15) is 0 Å². The van der Waals surface area contributed by atoms with Gasteiger partial charge < -0.3 is 0 Å². The monoisotopic (exact) mass is 394 g/mol. The topological polar surface area (TPSA) is 25.8 Å². The minimum Gasteiger partial charge on any atom is -0.236 e. The fourth-order valence-electron chi connectivity index (χ4n) is 3.84. The van der Waals surface area contributed by atoms with Crippen LogP contribution in [-0.2, 0) is 5.41 Å². The van der Waals surface area contributed by atoms with Crippen molar-refractivity contribution in [3.63, 3.8) is 0 Å². The van der Waals surface area contributed by atoms with Crippen LogP contribution in [0.15, 0.2) is 79.1 Å². The summed E-state index contributed by atoms with van der Waals surface area (Å²) in [7, 11) is 0. The van der Waals surface area contributed by atoms with Crippen LogP contribution in [0.2, 0.25) is 0 Å². The first-order valence-corrected chi connectivity index (χ1v) is 10.7. The van der Waals surface area contributed by atoms with E-state index in [0.29, 0.717) is 0 Å². The Balaban J connectivity index is 1.67. The molecule has 0 aliphatic heterocycles. The molecular formula is C26H22N2S. The highest BCUT2D eigenvalue weighted by Crippen LogP contribution is 2.36. The molecule has 0 saturated carbocycles. The molecule has 0 spiro atoms. The second-order valence-corrected chi connectivity index (χ2v) is 9.52. The molecule has 0 bridgehead atoms. The van der Waals surface area contributed by atoms with Gasteiger partial charge in [-0.1, -0.05) is 63.2 Å². The second-order valence-electron chi connectivity index (χ2n) is 8.43. The van der Waals surface area contributed by atoms with Crippen LogP contribution < -0.4 is 0 Å². The lowest BCUT2D eigenvalue weighted by molar-refractivity contribution is 0.596. The molecule has 0 unspecified atom stereocenters. The van der Waals surface area contributed by atoms with Gasteiger partial charge in [0.05, 0.1) is 16.3 Å². The van der Waals surface area contributed by atoms with Gasteiger partial charge in [0.25, 0.3) is 0 Å². The van der Waals surface area contributed by atoms with Gasteiger partial charge in [0.2, 0.25) is 0 Å². The lowest BCUT2D eigenvalue weighted by atomic mass is 9.82. The molecule has 0 N–H and O–H groups in total. The van der Waals surface area contributed by atoms with E-state index in [0.717, 1.165) is 17.0 Å². The molecule has 5 aromatic rings. The molecule has 5 rings (SSSR count). The Morgan fingerprint density at radius 3 is 2.24 bits per heavy atom. The van der Waals surface area contributed by atoms with Crippen molar-refractivity contribution in [1.29, 1.82) is 0 Å². The summed E-state index contributed by atoms with van der Waals surface area (Å²) < 4.78 is 1.28. The minimum absolute atomic E-state index is 0.0525. The summed E-state index contributed by atoms with van der Waals surface area (Å²) in [5.74, 6) is 0. The van der Waals surface area contributed by atoms with E-state index < -0.39 is 0 Å². The van der Waals surface area contributed by atoms with Crippen molar-refractivity contribution in [2.75, 3.05) is 0 Å². The van der Waals surface area contributed by atoms with Gasteiger partial charge >= 0.3 is 0 Å². The highest BCUT2D eigenvalue weighted by Gasteiger charge is 2.19. The molecule has 2 aromatic heterocycles. The summed E-state index contributed by atoms with van der Waals surface area (Å²) in [5, 5.41) is 3.81. The second kappa shape index (κ2) is 6.78. The van der Waals surface area contributed by atoms with Crippen molar-refractivity contribution in [2.24, 2.45) is 0 Å². The molecule has 0 aliphatic rings. The summed E-state index contributed by atoms with van der Waals surface area (Å²) in [6.07, 6.45) is 1.68. The summed E-state index contributed by atoms with van der Waals surface area (Å²) in [6.45, 7) is 6.80. The van der Waals surface area contributed by atoms with Gasteiger partial charge in [0.15, 0.2) is 0 Å². The SMILES string of the molecule is CC(C)(C)c1cc(-c2cc(-c3cc4ccccc4s3)ncn2)cc2ccccc12. The largest absolute Gasteiger partial charge is 0.236 e. The van der Waals surface area contributed by atoms with Crippen LogP contribution in [0, 0.1) is 0 Å². The maximum Gasteiger partial charge on any atom is 0.116 e. The smallest absolute Gasteiger partial charge is 0.116 e. The zero-order valence-corrected chi connectivity index (χ0v) is 17.6. The van der Waals surface area contributed by atoms with Crippen LogP contribution in [0.3, 0.4) is 0 Å². The highest BCUT2D eigenvalue weighted by molar-refractivity contribution is 7.22. The predicted octanol–water partition coefficient (Wildman–Crippen LogP) is 7.48. The van der Waals surface area contributed by atoms with Crippen molar-refractivity contribution >= 4 is 32.2 Å². The first-order chi connectivity index (χ1) is 14.0. The van der Waals surface area contributed by atoms with E-state index in [2.05, 4.69) is 104 Å². The van der Waals surface area contributed by atoms with Crippen molar-refractivity contribution in [1.82, 2.24) is 9.97 Å². The number of rotatable bonds is 2. The first kappa shape index (κ1) is 18.0. The van der Waals surface area contributed by atoms with E-state index in [4.69, 9.17) is 0 Å². The van der Waals surface area contributed by atoms with Gasteiger partial charge in [0.1, 0.15) is 6.33 Å². The van der Waals surface area contributed by atoms with E-state index in [1.165, 1.54) is 31.3 Å². The van der Waals surface area contributed by atoms with Crippen LogP contribution in [0.25, 0.3) is 42.7 Å². The molecule has 0 atom stereocenters. The molecule has 2 nitrogen and oxygen atoms in total. The van der Waals surface area contributed by atoms with Crippen molar-refractivity contribution in [3.05, 3.63) is 84.7 Å². The Kier molecular flexibility index (Phi) is 4.21. The van der Waals surface area contributed by atoms with Crippen LogP contribution >= 0.6 is 11.3 Å². The Hall–Kier alpha value is -3.04. The van der Waals surface area contributed by atoms with Crippen LogP contribution in [0.4, 0.5) is 0 Å². The van der Waals surface area contributed by atoms with Gasteiger partial charge in [-0.05, 0) is 57.5 Å². The molecule has 0 amide bonds. The molecule has 0 saturated heterocycles. The van der Waals surface area contributed by atoms with Gasteiger partial charge in [0, 0.05) is 10.3 Å². The van der Waals surface area contributed by atoms with Crippen molar-refractivity contribution in [3.8, 4) is 21.8 Å². The lowest BCUT2D eigenvalue weighted by Crippen LogP contribution is -2.12. The summed E-state index contributed by atoms with van der Waals surface area (Å²) in [5.41, 5.74) is 4.47. The van der Waals surface area contributed by atoms with Crippen molar-refractivity contribution in [2.45, 2.75) is 26.2 Å². The third kappa shape index (κ3) is 3.32. The Labute approximate surface area is 174 Å². The van der Waals surface area contributed by atoms with Crippen LogP contribution in [0.1, 0.15) is 26.3 Å². The summed E-state index contributed by atoms with van der Waals surface area (Å²) in [4.78, 5) is 10.3. The number of fused-ring (bicyclic) bond motifs is 2. The lowest BCUT2D eigenvalue weighted by Gasteiger charge is -2.22. The molecule has 0 fully saturated rings. The Bertz CT molecular complexity index is 1310. The number of aromatic nitrogens is 2. The molecule has 142 valence electrons. The molecule has 3 heteroatoms. The normalized spacial score (nSPS) is 12.0. The average Bonchev–Trinajstić information content (AvgIpc) is 3.17. The molecule has 0 aliphatic carbocycles. The molecule has 0 radical (unpaired) electrons. The highest BCUT2D eigenvalue weighted by atomic mass is 32.1. The Morgan fingerprint density at radius 2 is 1.45 bits per heavy atom. The standard InChI is InChI=1S/C26H22N2S/c1-26(2,3)21-13-19(12-17-8-4-6-10-20(17)21)22-15-23(28-16-27-22)25-14-18-9-5-7-11-24(18)29-25/h4-16H,1-3H3. The molecule has 29 heavy (non-hydrogen) atoms. The van der Waals surface area contributed by atoms with E-state index in [1.807, 2.05) is 0 Å². The van der Waals surface area contributed by atoms with Gasteiger partial charge in [-0.25, -0.2) is 9.97 Å². The number of thiophene rings is 1. The Morgan fingerprint density at radius 1 is 0.724 bits per heavy atom. The first-order valence-electron chi connectivity index (χ1n) is 9.84. The fraction of sp³-hybridized carbons (Fsp3) is 0.154. The zero-order valence-electron chi connectivity index (χ0n) is 16.8. The van der Waals surface area contributed by atoms with Crippen LogP contribution in [-0.4, -0.2) is 9.97 Å².